The van der Waals surface area contributed by atoms with Crippen LogP contribution < -0.4 is 26.4 Å². The monoisotopic (exact) mass is 483 g/mol. The van der Waals surface area contributed by atoms with E-state index < -0.39 is 5.72 Å². The van der Waals surface area contributed by atoms with Crippen LogP contribution in [-0.2, 0) is 12.3 Å². The Hall–Kier alpha value is -0.980. The predicted molar refractivity (Wildman–Crippen MR) is 103 cm³/mol. The molecule has 0 saturated carbocycles. The van der Waals surface area contributed by atoms with E-state index in [4.69, 9.17) is 0 Å². The molecule has 2 heterocycles. The van der Waals surface area contributed by atoms with Crippen molar-refractivity contribution in [3.8, 4) is 0 Å². The van der Waals surface area contributed by atoms with Gasteiger partial charge in [-0.2, -0.15) is 0 Å². The molecule has 6 heteroatoms. The van der Waals surface area contributed by atoms with Crippen LogP contribution in [0.5, 0.6) is 0 Å². The zero-order valence-corrected chi connectivity index (χ0v) is 18.4. The number of anilines is 1. The van der Waals surface area contributed by atoms with Crippen LogP contribution >= 0.6 is 15.9 Å². The Morgan fingerprint density at radius 3 is 2.73 bits per heavy atom. The molecule has 142 valence electrons. The van der Waals surface area contributed by atoms with Crippen molar-refractivity contribution in [2.45, 2.75) is 57.7 Å². The number of hydrogen-bond donors (Lipinski definition) is 1. The third-order valence-electron chi connectivity index (χ3n) is 4.90. The summed E-state index contributed by atoms with van der Waals surface area (Å²) in [4.78, 5) is 6.59. The van der Waals surface area contributed by atoms with Gasteiger partial charge in [0.2, 0.25) is 5.72 Å². The van der Waals surface area contributed by atoms with Gasteiger partial charge in [0.25, 0.3) is 0 Å². The maximum atomic E-state index is 11.6. The van der Waals surface area contributed by atoms with Crippen molar-refractivity contribution in [2.24, 2.45) is 0 Å². The molecule has 0 spiro atoms. The van der Waals surface area contributed by atoms with E-state index in [1.54, 1.807) is 6.20 Å². The molecule has 1 aromatic heterocycles. The highest BCUT2D eigenvalue weighted by Crippen LogP contribution is 2.35. The highest BCUT2D eigenvalue weighted by Gasteiger charge is 2.51. The molecular weight excluding hydrogens is 458 g/mol. The molecule has 0 aliphatic carbocycles. The highest BCUT2D eigenvalue weighted by molar-refractivity contribution is 9.10. The number of benzene rings is 1. The number of aromatic nitrogens is 2. The van der Waals surface area contributed by atoms with Crippen molar-refractivity contribution in [3.05, 3.63) is 52.8 Å². The minimum absolute atomic E-state index is 0. The highest BCUT2D eigenvalue weighted by atomic mass is 79.9. The molecule has 0 bridgehead atoms. The molecule has 0 amide bonds. The quantitative estimate of drug-likeness (QED) is 0.451. The van der Waals surface area contributed by atoms with E-state index in [0.717, 1.165) is 29.0 Å². The predicted octanol–water partition coefficient (Wildman–Crippen LogP) is 1.16. The molecule has 1 atom stereocenters. The number of hydrogen-bond acceptors (Lipinski definition) is 3. The van der Waals surface area contributed by atoms with Gasteiger partial charge in [-0.15, -0.1) is 0 Å². The van der Waals surface area contributed by atoms with Gasteiger partial charge in [0, 0.05) is 16.1 Å². The van der Waals surface area contributed by atoms with E-state index in [9.17, 15) is 5.11 Å². The molecule has 26 heavy (non-hydrogen) atoms. The second-order valence-corrected chi connectivity index (χ2v) is 7.71. The van der Waals surface area contributed by atoms with E-state index in [1.807, 2.05) is 41.1 Å². The van der Waals surface area contributed by atoms with Crippen molar-refractivity contribution in [3.63, 3.8) is 0 Å². The molecule has 1 aliphatic rings. The first kappa shape index (κ1) is 21.3. The fourth-order valence-electron chi connectivity index (χ4n) is 3.55. The lowest BCUT2D eigenvalue weighted by Gasteiger charge is -2.28. The Labute approximate surface area is 175 Å². The summed E-state index contributed by atoms with van der Waals surface area (Å²) >= 11 is 3.52. The number of nitrogens with zero attached hydrogens (tertiary/aromatic N) is 3. The van der Waals surface area contributed by atoms with Crippen LogP contribution in [0.2, 0.25) is 0 Å². The summed E-state index contributed by atoms with van der Waals surface area (Å²) in [5.41, 5.74) is -0.146. The molecule has 1 aromatic carbocycles. The Balaban J connectivity index is 0.00000243. The van der Waals surface area contributed by atoms with E-state index in [0.29, 0.717) is 6.54 Å². The van der Waals surface area contributed by atoms with Crippen LogP contribution in [0.25, 0.3) is 0 Å². The SMILES string of the molecule is CCCCCCCCN1c2nccc[n+]2CC1(O)c1cccc(Br)c1.[Br-]. The Morgan fingerprint density at radius 2 is 1.96 bits per heavy atom. The summed E-state index contributed by atoms with van der Waals surface area (Å²) in [5, 5.41) is 11.6. The van der Waals surface area contributed by atoms with Gasteiger partial charge >= 0.3 is 5.95 Å². The molecule has 1 aliphatic heterocycles. The summed E-state index contributed by atoms with van der Waals surface area (Å²) in [6.07, 6.45) is 11.2. The van der Waals surface area contributed by atoms with Gasteiger partial charge in [-0.25, -0.2) is 9.47 Å². The zero-order valence-electron chi connectivity index (χ0n) is 15.2. The van der Waals surface area contributed by atoms with E-state index in [-0.39, 0.29) is 17.0 Å². The van der Waals surface area contributed by atoms with E-state index in [2.05, 4.69) is 32.7 Å². The summed E-state index contributed by atoms with van der Waals surface area (Å²) in [6, 6.07) is 9.87. The average Bonchev–Trinajstić information content (AvgIpc) is 2.91. The third-order valence-corrected chi connectivity index (χ3v) is 5.39. The first-order chi connectivity index (χ1) is 12.1. The minimum atomic E-state index is -1.05. The lowest BCUT2D eigenvalue weighted by molar-refractivity contribution is -0.685. The fraction of sp³-hybridized carbons (Fsp3) is 0.500. The summed E-state index contributed by atoms with van der Waals surface area (Å²) in [5.74, 6) is 0.846. The van der Waals surface area contributed by atoms with Crippen molar-refractivity contribution < 1.29 is 26.7 Å². The van der Waals surface area contributed by atoms with Crippen LogP contribution in [0, 0.1) is 0 Å². The normalized spacial score (nSPS) is 18.5. The number of fused-ring (bicyclic) bond motifs is 1. The molecule has 0 radical (unpaired) electrons. The molecule has 2 aromatic rings. The number of halogens is 2. The molecule has 1 N–H and O–H groups in total. The zero-order chi connectivity index (χ0) is 17.7. The Bertz CT molecular complexity index is 713. The molecule has 1 unspecified atom stereocenters. The molecule has 3 rings (SSSR count). The third kappa shape index (κ3) is 4.65. The van der Waals surface area contributed by atoms with E-state index >= 15 is 0 Å². The van der Waals surface area contributed by atoms with Gasteiger partial charge in [0.15, 0.2) is 0 Å². The van der Waals surface area contributed by atoms with E-state index in [1.165, 1.54) is 32.1 Å². The Kier molecular flexibility index (Phi) is 8.05. The van der Waals surface area contributed by atoms with Crippen LogP contribution in [-0.4, -0.2) is 16.6 Å². The summed E-state index contributed by atoms with van der Waals surface area (Å²) in [6.45, 7) is 3.55. The molecule has 4 nitrogen and oxygen atoms in total. The average molecular weight is 485 g/mol. The topological polar surface area (TPSA) is 40.2 Å². The Morgan fingerprint density at radius 1 is 1.19 bits per heavy atom. The first-order valence-electron chi connectivity index (χ1n) is 9.25. The lowest BCUT2D eigenvalue weighted by atomic mass is 10.0. The van der Waals surface area contributed by atoms with Gasteiger partial charge in [-0.05, 0) is 18.6 Å². The summed E-state index contributed by atoms with van der Waals surface area (Å²) < 4.78 is 3.02. The van der Waals surface area contributed by atoms with Gasteiger partial charge in [-0.1, -0.05) is 72.1 Å². The standard InChI is InChI=1S/C20H27BrN3O.BrH/c1-2-3-4-5-6-7-14-24-19-22-12-9-13-23(19)16-20(24,25)17-10-8-11-18(21)15-17;/h8-13,15,25H,2-7,14,16H2,1H3;1H/q+1;/p-1. The lowest BCUT2D eigenvalue weighted by Crippen LogP contribution is -3.00. The number of aliphatic hydroxyl groups is 1. The van der Waals surface area contributed by atoms with Crippen molar-refractivity contribution in [1.82, 2.24) is 4.98 Å². The van der Waals surface area contributed by atoms with Crippen LogP contribution in [0.1, 0.15) is 51.0 Å². The van der Waals surface area contributed by atoms with Gasteiger partial charge in [0.05, 0.1) is 12.7 Å². The van der Waals surface area contributed by atoms with Gasteiger partial charge in [0.1, 0.15) is 12.7 Å². The fourth-order valence-corrected chi connectivity index (χ4v) is 3.95. The molecule has 0 saturated heterocycles. The number of rotatable bonds is 8. The van der Waals surface area contributed by atoms with Crippen molar-refractivity contribution >= 4 is 21.9 Å². The van der Waals surface area contributed by atoms with Gasteiger partial charge < -0.3 is 22.1 Å². The van der Waals surface area contributed by atoms with Crippen molar-refractivity contribution in [2.75, 3.05) is 11.4 Å². The second kappa shape index (κ2) is 9.81. The second-order valence-electron chi connectivity index (χ2n) is 6.79. The largest absolute Gasteiger partial charge is 1.00 e. The molecular formula is C20H27Br2N3O. The van der Waals surface area contributed by atoms with Crippen LogP contribution in [0.15, 0.2) is 47.2 Å². The van der Waals surface area contributed by atoms with Gasteiger partial charge in [-0.3, -0.25) is 0 Å². The smallest absolute Gasteiger partial charge is 0.396 e. The van der Waals surface area contributed by atoms with Crippen LogP contribution in [0.3, 0.4) is 0 Å². The van der Waals surface area contributed by atoms with Crippen molar-refractivity contribution in [1.29, 1.82) is 0 Å². The molecule has 0 fully saturated rings. The van der Waals surface area contributed by atoms with Crippen LogP contribution in [0.4, 0.5) is 5.95 Å². The maximum absolute atomic E-state index is 11.6. The maximum Gasteiger partial charge on any atom is 0.396 e. The summed E-state index contributed by atoms with van der Waals surface area (Å²) in [7, 11) is 0. The minimum Gasteiger partial charge on any atom is -1.00 e. The number of unbranched alkanes of at least 4 members (excludes halogenated alkanes) is 5. The first-order valence-corrected chi connectivity index (χ1v) is 10.0.